The van der Waals surface area contributed by atoms with Crippen molar-refractivity contribution in [2.24, 2.45) is 5.16 Å². The van der Waals surface area contributed by atoms with E-state index in [9.17, 15) is 4.39 Å². The summed E-state index contributed by atoms with van der Waals surface area (Å²) in [6, 6.07) is 4.20. The van der Waals surface area contributed by atoms with E-state index in [0.29, 0.717) is 17.0 Å². The third-order valence-corrected chi connectivity index (χ3v) is 2.69. The van der Waals surface area contributed by atoms with Gasteiger partial charge >= 0.3 is 0 Å². The van der Waals surface area contributed by atoms with E-state index in [1.807, 2.05) is 13.8 Å². The Morgan fingerprint density at radius 2 is 2.06 bits per heavy atom. The van der Waals surface area contributed by atoms with Crippen LogP contribution in [0.3, 0.4) is 0 Å². The Balaban J connectivity index is 3.07. The van der Waals surface area contributed by atoms with Gasteiger partial charge in [-0.05, 0) is 31.9 Å². The molecule has 0 radical (unpaired) electrons. The first-order valence-corrected chi connectivity index (χ1v) is 5.77. The van der Waals surface area contributed by atoms with E-state index in [4.69, 9.17) is 9.94 Å². The molecule has 1 N–H and O–H groups in total. The quantitative estimate of drug-likeness (QED) is 0.484. The zero-order chi connectivity index (χ0) is 12.8. The second-order valence-electron chi connectivity index (χ2n) is 3.88. The molecule has 0 heterocycles. The van der Waals surface area contributed by atoms with Crippen LogP contribution in [0.1, 0.15) is 39.2 Å². The van der Waals surface area contributed by atoms with E-state index in [1.54, 1.807) is 13.0 Å². The molecule has 0 unspecified atom stereocenters. The summed E-state index contributed by atoms with van der Waals surface area (Å²) in [5, 5.41) is 11.9. The monoisotopic (exact) mass is 239 g/mol. The highest BCUT2D eigenvalue weighted by molar-refractivity contribution is 6.00. The van der Waals surface area contributed by atoms with Crippen LogP contribution in [0.5, 0.6) is 5.75 Å². The summed E-state index contributed by atoms with van der Waals surface area (Å²) in [6.45, 7) is 5.67. The molecule has 0 aliphatic carbocycles. The van der Waals surface area contributed by atoms with E-state index in [1.165, 1.54) is 12.1 Å². The van der Waals surface area contributed by atoms with Crippen LogP contribution < -0.4 is 4.74 Å². The molecule has 0 aliphatic heterocycles. The average Bonchev–Trinajstić information content (AvgIpc) is 2.35. The van der Waals surface area contributed by atoms with Crippen LogP contribution in [0.25, 0.3) is 0 Å². The van der Waals surface area contributed by atoms with Crippen LogP contribution >= 0.6 is 0 Å². The zero-order valence-corrected chi connectivity index (χ0v) is 10.4. The minimum absolute atomic E-state index is 0.0436. The molecule has 1 aromatic carbocycles. The minimum Gasteiger partial charge on any atom is -0.490 e. The maximum atomic E-state index is 13.2. The van der Waals surface area contributed by atoms with Gasteiger partial charge in [0.25, 0.3) is 0 Å². The highest BCUT2D eigenvalue weighted by Crippen LogP contribution is 2.23. The summed E-state index contributed by atoms with van der Waals surface area (Å²) in [6.07, 6.45) is 1.74. The fraction of sp³-hybridized carbons (Fsp3) is 0.462. The predicted molar refractivity (Wildman–Crippen MR) is 65.4 cm³/mol. The van der Waals surface area contributed by atoms with Crippen molar-refractivity contribution in [3.05, 3.63) is 29.6 Å². The largest absolute Gasteiger partial charge is 0.490 e. The van der Waals surface area contributed by atoms with Crippen molar-refractivity contribution in [2.75, 3.05) is 0 Å². The fourth-order valence-electron chi connectivity index (χ4n) is 1.58. The lowest BCUT2D eigenvalue weighted by molar-refractivity contribution is 0.191. The van der Waals surface area contributed by atoms with Crippen molar-refractivity contribution < 1.29 is 14.3 Å². The Hall–Kier alpha value is -1.58. The van der Waals surface area contributed by atoms with Gasteiger partial charge in [0.1, 0.15) is 11.6 Å². The molecular weight excluding hydrogens is 221 g/mol. The van der Waals surface area contributed by atoms with Gasteiger partial charge in [0.15, 0.2) is 0 Å². The lowest BCUT2D eigenvalue weighted by Crippen LogP contribution is -2.15. The predicted octanol–water partition coefficient (Wildman–Crippen LogP) is 3.59. The van der Waals surface area contributed by atoms with Gasteiger partial charge in [-0.2, -0.15) is 0 Å². The number of hydrogen-bond donors (Lipinski definition) is 1. The highest BCUT2D eigenvalue weighted by atomic mass is 19.1. The number of halogens is 1. The third kappa shape index (κ3) is 3.44. The number of hydrogen-bond acceptors (Lipinski definition) is 3. The summed E-state index contributed by atoms with van der Waals surface area (Å²) < 4.78 is 18.9. The molecule has 0 saturated heterocycles. The lowest BCUT2D eigenvalue weighted by atomic mass is 10.1. The molecular formula is C13H18FNO2. The van der Waals surface area contributed by atoms with E-state index >= 15 is 0 Å². The minimum atomic E-state index is -0.361. The second kappa shape index (κ2) is 6.23. The molecule has 0 atom stereocenters. The van der Waals surface area contributed by atoms with Crippen molar-refractivity contribution in [3.63, 3.8) is 0 Å². The molecule has 0 amide bonds. The molecule has 0 saturated carbocycles. The van der Waals surface area contributed by atoms with Crippen LogP contribution in [-0.2, 0) is 0 Å². The molecule has 17 heavy (non-hydrogen) atoms. The summed E-state index contributed by atoms with van der Waals surface area (Å²) >= 11 is 0. The van der Waals surface area contributed by atoms with Gasteiger partial charge in [0.2, 0.25) is 0 Å². The molecule has 0 fully saturated rings. The fourth-order valence-corrected chi connectivity index (χ4v) is 1.58. The lowest BCUT2D eigenvalue weighted by Gasteiger charge is -2.18. The highest BCUT2D eigenvalue weighted by Gasteiger charge is 2.12. The topological polar surface area (TPSA) is 41.8 Å². The summed E-state index contributed by atoms with van der Waals surface area (Å²) in [7, 11) is 0. The van der Waals surface area contributed by atoms with Crippen LogP contribution in [0.4, 0.5) is 4.39 Å². The second-order valence-corrected chi connectivity index (χ2v) is 3.88. The number of rotatable bonds is 5. The summed E-state index contributed by atoms with van der Waals surface area (Å²) in [4.78, 5) is 0. The Morgan fingerprint density at radius 1 is 1.41 bits per heavy atom. The Labute approximate surface area is 101 Å². The first kappa shape index (κ1) is 13.5. The van der Waals surface area contributed by atoms with E-state index in [2.05, 4.69) is 5.16 Å². The van der Waals surface area contributed by atoms with Crippen molar-refractivity contribution in [3.8, 4) is 5.75 Å². The van der Waals surface area contributed by atoms with Gasteiger partial charge in [-0.1, -0.05) is 19.0 Å². The number of oxime groups is 1. The molecule has 0 aliphatic rings. The molecule has 1 aromatic rings. The van der Waals surface area contributed by atoms with Crippen LogP contribution in [0, 0.1) is 5.82 Å². The molecule has 1 rings (SSSR count). The first-order valence-electron chi connectivity index (χ1n) is 5.77. The van der Waals surface area contributed by atoms with Crippen LogP contribution in [0.15, 0.2) is 23.4 Å². The van der Waals surface area contributed by atoms with Gasteiger partial charge in [-0.3, -0.25) is 0 Å². The molecule has 4 heteroatoms. The Morgan fingerprint density at radius 3 is 2.59 bits per heavy atom. The van der Waals surface area contributed by atoms with Crippen LogP contribution in [-0.4, -0.2) is 17.0 Å². The Bertz CT molecular complexity index is 400. The SMILES string of the molecule is CCC(CC)Oc1cc(F)ccc1C(C)=NO. The molecule has 3 nitrogen and oxygen atoms in total. The van der Waals surface area contributed by atoms with E-state index < -0.39 is 0 Å². The molecule has 0 bridgehead atoms. The van der Waals surface area contributed by atoms with Gasteiger partial charge in [-0.15, -0.1) is 0 Å². The van der Waals surface area contributed by atoms with Gasteiger partial charge in [-0.25, -0.2) is 4.39 Å². The van der Waals surface area contributed by atoms with E-state index in [0.717, 1.165) is 12.8 Å². The van der Waals surface area contributed by atoms with Crippen LogP contribution in [0.2, 0.25) is 0 Å². The van der Waals surface area contributed by atoms with Gasteiger partial charge in [0, 0.05) is 11.6 Å². The zero-order valence-electron chi connectivity index (χ0n) is 10.4. The summed E-state index contributed by atoms with van der Waals surface area (Å²) in [5.41, 5.74) is 1.02. The number of ether oxygens (including phenoxy) is 1. The molecule has 0 aromatic heterocycles. The van der Waals surface area contributed by atoms with E-state index in [-0.39, 0.29) is 11.9 Å². The molecule has 94 valence electrons. The maximum absolute atomic E-state index is 13.2. The summed E-state index contributed by atoms with van der Waals surface area (Å²) in [5.74, 6) is 0.0643. The van der Waals surface area contributed by atoms with Crippen molar-refractivity contribution in [1.29, 1.82) is 0 Å². The van der Waals surface area contributed by atoms with Gasteiger partial charge < -0.3 is 9.94 Å². The standard InChI is InChI=1S/C13H18FNO2/c1-4-11(5-2)17-13-8-10(14)6-7-12(13)9(3)15-16/h6-8,11,16H,4-5H2,1-3H3. The smallest absolute Gasteiger partial charge is 0.131 e. The third-order valence-electron chi connectivity index (χ3n) is 2.69. The Kier molecular flexibility index (Phi) is 4.94. The van der Waals surface area contributed by atoms with Crippen molar-refractivity contribution >= 4 is 5.71 Å². The molecule has 0 spiro atoms. The van der Waals surface area contributed by atoms with Crippen molar-refractivity contribution in [1.82, 2.24) is 0 Å². The average molecular weight is 239 g/mol. The normalized spacial score (nSPS) is 11.9. The maximum Gasteiger partial charge on any atom is 0.131 e. The number of nitrogens with zero attached hydrogens (tertiary/aromatic N) is 1. The van der Waals surface area contributed by atoms with Crippen molar-refractivity contribution in [2.45, 2.75) is 39.7 Å². The number of benzene rings is 1. The first-order chi connectivity index (χ1) is 8.12. The van der Waals surface area contributed by atoms with Gasteiger partial charge in [0.05, 0.1) is 11.8 Å².